The molecule has 0 aliphatic heterocycles. The molecule has 1 aromatic heterocycles. The molecule has 1 aromatic carbocycles. The maximum atomic E-state index is 11.4. The van der Waals surface area contributed by atoms with Crippen molar-refractivity contribution in [2.75, 3.05) is 5.75 Å². The lowest BCUT2D eigenvalue weighted by molar-refractivity contribution is 0.460. The fourth-order valence-electron chi connectivity index (χ4n) is 1.49. The van der Waals surface area contributed by atoms with Gasteiger partial charge in [-0.05, 0) is 12.1 Å². The van der Waals surface area contributed by atoms with Crippen molar-refractivity contribution in [3.05, 3.63) is 30.0 Å². The van der Waals surface area contributed by atoms with Gasteiger partial charge in [0.2, 0.25) is 0 Å². The van der Waals surface area contributed by atoms with E-state index in [0.717, 1.165) is 0 Å². The minimum absolute atomic E-state index is 0.0256. The first-order chi connectivity index (χ1) is 7.52. The Balaban J connectivity index is 2.45. The zero-order valence-corrected chi connectivity index (χ0v) is 9.62. The quantitative estimate of drug-likeness (QED) is 0.891. The molecule has 0 bridgehead atoms. The molecule has 0 radical (unpaired) electrons. The number of hydrogen-bond donors (Lipinski definition) is 1. The Kier molecular flexibility index (Phi) is 2.63. The van der Waals surface area contributed by atoms with Crippen LogP contribution in [0.1, 0.15) is 12.7 Å². The van der Waals surface area contributed by atoms with Crippen LogP contribution in [0.15, 0.2) is 28.7 Å². The summed E-state index contributed by atoms with van der Waals surface area (Å²) in [6, 6.07) is 6.60. The number of hydrogen-bond acceptors (Lipinski definition) is 4. The van der Waals surface area contributed by atoms with Gasteiger partial charge < -0.3 is 9.52 Å². The molecule has 1 heterocycles. The Morgan fingerprint density at radius 3 is 2.75 bits per heavy atom. The molecular formula is C11H12O4S. The summed E-state index contributed by atoms with van der Waals surface area (Å²) in [6.07, 6.45) is 0. The first kappa shape index (κ1) is 11.0. The van der Waals surface area contributed by atoms with Gasteiger partial charge in [-0.25, -0.2) is 8.42 Å². The molecule has 0 saturated carbocycles. The number of sulfone groups is 1. The Morgan fingerprint density at radius 2 is 2.12 bits per heavy atom. The first-order valence-electron chi connectivity index (χ1n) is 4.92. The number of aromatic hydroxyl groups is 1. The van der Waals surface area contributed by atoms with E-state index < -0.39 is 9.84 Å². The molecule has 2 rings (SSSR count). The van der Waals surface area contributed by atoms with Crippen LogP contribution in [0.5, 0.6) is 5.75 Å². The van der Waals surface area contributed by atoms with E-state index in [4.69, 9.17) is 4.42 Å². The summed E-state index contributed by atoms with van der Waals surface area (Å²) in [5.41, 5.74) is 0.337. The molecule has 0 aliphatic rings. The van der Waals surface area contributed by atoms with E-state index in [1.807, 2.05) is 0 Å². The van der Waals surface area contributed by atoms with Crippen molar-refractivity contribution in [1.82, 2.24) is 0 Å². The number of benzene rings is 1. The average molecular weight is 240 g/mol. The highest BCUT2D eigenvalue weighted by molar-refractivity contribution is 7.90. The van der Waals surface area contributed by atoms with Crippen LogP contribution in [0.2, 0.25) is 0 Å². The van der Waals surface area contributed by atoms with Gasteiger partial charge in [-0.2, -0.15) is 0 Å². The molecule has 0 amide bonds. The predicted molar refractivity (Wildman–Crippen MR) is 61.0 cm³/mol. The highest BCUT2D eigenvalue weighted by atomic mass is 32.2. The van der Waals surface area contributed by atoms with E-state index in [1.165, 1.54) is 6.07 Å². The van der Waals surface area contributed by atoms with Crippen molar-refractivity contribution in [1.29, 1.82) is 0 Å². The molecule has 0 spiro atoms. The number of rotatable bonds is 3. The standard InChI is InChI=1S/C11H12O4S/c1-2-16(13,14)7-9-6-8-4-3-5-10(12)11(8)15-9/h3-6,12H,2,7H2,1H3. The third-order valence-corrected chi connectivity index (χ3v) is 3.98. The topological polar surface area (TPSA) is 67.5 Å². The number of phenolic OH excluding ortho intramolecular Hbond substituents is 1. The van der Waals surface area contributed by atoms with Crippen LogP contribution in [-0.4, -0.2) is 19.3 Å². The molecule has 0 fully saturated rings. The highest BCUT2D eigenvalue weighted by Gasteiger charge is 2.14. The van der Waals surface area contributed by atoms with E-state index in [0.29, 0.717) is 16.7 Å². The molecule has 1 N–H and O–H groups in total. The minimum atomic E-state index is -3.11. The van der Waals surface area contributed by atoms with Crippen LogP contribution in [0.25, 0.3) is 11.0 Å². The van der Waals surface area contributed by atoms with E-state index in [2.05, 4.69) is 0 Å². The van der Waals surface area contributed by atoms with Crippen LogP contribution >= 0.6 is 0 Å². The maximum absolute atomic E-state index is 11.4. The molecule has 5 heteroatoms. The molecule has 4 nitrogen and oxygen atoms in total. The van der Waals surface area contributed by atoms with Crippen LogP contribution in [0.4, 0.5) is 0 Å². The molecule has 0 atom stereocenters. The first-order valence-corrected chi connectivity index (χ1v) is 6.75. The second-order valence-corrected chi connectivity index (χ2v) is 5.94. The Bertz CT molecular complexity index is 610. The average Bonchev–Trinajstić information content (AvgIpc) is 2.61. The van der Waals surface area contributed by atoms with E-state index in [1.54, 1.807) is 25.1 Å². The van der Waals surface area contributed by atoms with Crippen molar-refractivity contribution in [2.45, 2.75) is 12.7 Å². The van der Waals surface area contributed by atoms with Gasteiger partial charge in [0.25, 0.3) is 0 Å². The van der Waals surface area contributed by atoms with Gasteiger partial charge in [-0.3, -0.25) is 0 Å². The van der Waals surface area contributed by atoms with Crippen molar-refractivity contribution in [3.63, 3.8) is 0 Å². The van der Waals surface area contributed by atoms with Crippen LogP contribution in [0, 0.1) is 0 Å². The lowest BCUT2D eigenvalue weighted by Crippen LogP contribution is -2.05. The molecule has 0 aliphatic carbocycles. The molecule has 0 saturated heterocycles. The monoisotopic (exact) mass is 240 g/mol. The van der Waals surface area contributed by atoms with Gasteiger partial charge in [0, 0.05) is 11.1 Å². The zero-order valence-electron chi connectivity index (χ0n) is 8.80. The van der Waals surface area contributed by atoms with Crippen LogP contribution in [-0.2, 0) is 15.6 Å². The summed E-state index contributed by atoms with van der Waals surface area (Å²) in [5, 5.41) is 10.2. The molecular weight excluding hydrogens is 228 g/mol. The summed E-state index contributed by atoms with van der Waals surface area (Å²) in [7, 11) is -3.11. The van der Waals surface area contributed by atoms with Crippen molar-refractivity contribution in [3.8, 4) is 5.75 Å². The van der Waals surface area contributed by atoms with Crippen LogP contribution in [0.3, 0.4) is 0 Å². The summed E-state index contributed by atoms with van der Waals surface area (Å²) >= 11 is 0. The van der Waals surface area contributed by atoms with Crippen molar-refractivity contribution in [2.24, 2.45) is 0 Å². The van der Waals surface area contributed by atoms with Gasteiger partial charge >= 0.3 is 0 Å². The van der Waals surface area contributed by atoms with Crippen molar-refractivity contribution >= 4 is 20.8 Å². The third kappa shape index (κ3) is 2.04. The largest absolute Gasteiger partial charge is 0.504 e. The minimum Gasteiger partial charge on any atom is -0.504 e. The lowest BCUT2D eigenvalue weighted by atomic mass is 10.2. The predicted octanol–water partition coefficient (Wildman–Crippen LogP) is 2.07. The van der Waals surface area contributed by atoms with Gasteiger partial charge in [-0.15, -0.1) is 0 Å². The third-order valence-electron chi connectivity index (χ3n) is 2.38. The highest BCUT2D eigenvalue weighted by Crippen LogP contribution is 2.28. The number of para-hydroxylation sites is 1. The van der Waals surface area contributed by atoms with Gasteiger partial charge in [0.15, 0.2) is 21.2 Å². The molecule has 0 unspecified atom stereocenters. The van der Waals surface area contributed by atoms with Gasteiger partial charge in [-0.1, -0.05) is 19.1 Å². The molecule has 16 heavy (non-hydrogen) atoms. The normalized spacial score (nSPS) is 12.1. The smallest absolute Gasteiger partial charge is 0.175 e. The second-order valence-electron chi connectivity index (χ2n) is 3.58. The van der Waals surface area contributed by atoms with Crippen molar-refractivity contribution < 1.29 is 17.9 Å². The summed E-state index contributed by atoms with van der Waals surface area (Å²) in [6.45, 7) is 1.59. The van der Waals surface area contributed by atoms with E-state index in [-0.39, 0.29) is 17.3 Å². The van der Waals surface area contributed by atoms with Gasteiger partial charge in [0.05, 0.1) is 0 Å². The SMILES string of the molecule is CCS(=O)(=O)Cc1cc2cccc(O)c2o1. The summed E-state index contributed by atoms with van der Waals surface area (Å²) in [4.78, 5) is 0. The fourth-order valence-corrected chi connectivity index (χ4v) is 2.27. The molecule has 86 valence electrons. The van der Waals surface area contributed by atoms with Crippen LogP contribution < -0.4 is 0 Å². The lowest BCUT2D eigenvalue weighted by Gasteiger charge is -1.96. The number of furan rings is 1. The van der Waals surface area contributed by atoms with E-state index >= 15 is 0 Å². The maximum Gasteiger partial charge on any atom is 0.175 e. The molecule has 2 aromatic rings. The second kappa shape index (κ2) is 3.83. The number of fused-ring (bicyclic) bond motifs is 1. The number of phenols is 1. The Morgan fingerprint density at radius 1 is 1.38 bits per heavy atom. The summed E-state index contributed by atoms with van der Waals surface area (Å²) < 4.78 is 28.1. The van der Waals surface area contributed by atoms with E-state index in [9.17, 15) is 13.5 Å². The Hall–Kier alpha value is -1.49. The zero-order chi connectivity index (χ0) is 11.8. The summed E-state index contributed by atoms with van der Waals surface area (Å²) in [5.74, 6) is 0.337. The fraction of sp³-hybridized carbons (Fsp3) is 0.273. The van der Waals surface area contributed by atoms with Gasteiger partial charge in [0.1, 0.15) is 11.5 Å². The Labute approximate surface area is 93.4 Å².